The van der Waals surface area contributed by atoms with Crippen LogP contribution < -0.4 is 10.6 Å². The van der Waals surface area contributed by atoms with Gasteiger partial charge in [0.2, 0.25) is 0 Å². The van der Waals surface area contributed by atoms with Gasteiger partial charge in [-0.2, -0.15) is 0 Å². The molecule has 146 valence electrons. The van der Waals surface area contributed by atoms with E-state index in [1.165, 1.54) is 11.1 Å². The van der Waals surface area contributed by atoms with E-state index >= 15 is 0 Å². The van der Waals surface area contributed by atoms with Crippen LogP contribution in [0.4, 0.5) is 0 Å². The van der Waals surface area contributed by atoms with E-state index in [0.29, 0.717) is 16.0 Å². The molecule has 0 saturated carbocycles. The molecule has 1 nitrogen and oxygen atoms in total. The SMILES string of the molecule is Cc1ccc(C(C)C)cc1.OP(c1ccccc1)c1ccccc1.[I][Ru][I]. The summed E-state index contributed by atoms with van der Waals surface area (Å²) in [5.41, 5.74) is 2.76. The van der Waals surface area contributed by atoms with E-state index in [1.54, 1.807) is 0 Å². The fourth-order valence-electron chi connectivity index (χ4n) is 2.24. The zero-order valence-electron chi connectivity index (χ0n) is 15.7. The minimum atomic E-state index is -1.17. The van der Waals surface area contributed by atoms with Crippen molar-refractivity contribution < 1.29 is 15.0 Å². The molecular weight excluding hydrogens is 666 g/mol. The molecule has 1 N–H and O–H groups in total. The van der Waals surface area contributed by atoms with Crippen LogP contribution in [-0.4, -0.2) is 4.89 Å². The van der Waals surface area contributed by atoms with Crippen LogP contribution in [0.3, 0.4) is 0 Å². The summed E-state index contributed by atoms with van der Waals surface area (Å²) in [5, 5.41) is 1.99. The molecular formula is C22H25I2OPRu. The maximum absolute atomic E-state index is 10.1. The fourth-order valence-corrected chi connectivity index (χ4v) is 3.45. The van der Waals surface area contributed by atoms with Gasteiger partial charge in [0.25, 0.3) is 0 Å². The number of rotatable bonds is 3. The summed E-state index contributed by atoms with van der Waals surface area (Å²) in [4.78, 5) is 10.1. The standard InChI is InChI=1S/C12H11OP.C10H14.2HI.Ru/c13-14(11-7-3-1-4-8-11)12-9-5-2-6-10-12;1-8(2)10-6-4-9(3)5-7-10;;;/h1-10,13H;4-8H,1-3H3;2*1H;/q;;;;+2/p-2. The molecule has 3 aromatic rings. The van der Waals surface area contributed by atoms with Gasteiger partial charge in [0.1, 0.15) is 0 Å². The number of benzene rings is 3. The Morgan fingerprint density at radius 2 is 1.11 bits per heavy atom. The molecule has 0 atom stereocenters. The van der Waals surface area contributed by atoms with Gasteiger partial charge in [-0.1, -0.05) is 104 Å². The first-order chi connectivity index (χ1) is 13.0. The van der Waals surface area contributed by atoms with Gasteiger partial charge in [-0.25, -0.2) is 0 Å². The summed E-state index contributed by atoms with van der Waals surface area (Å²) < 4.78 is 0. The van der Waals surface area contributed by atoms with Gasteiger partial charge in [-0.15, -0.1) is 0 Å². The first-order valence-electron chi connectivity index (χ1n) is 8.50. The van der Waals surface area contributed by atoms with Crippen LogP contribution >= 0.6 is 47.6 Å². The predicted molar refractivity (Wildman–Crippen MR) is 135 cm³/mol. The second kappa shape index (κ2) is 15.0. The Morgan fingerprint density at radius 3 is 1.44 bits per heavy atom. The maximum atomic E-state index is 10.1. The van der Waals surface area contributed by atoms with Crippen molar-refractivity contribution in [2.75, 3.05) is 0 Å². The van der Waals surface area contributed by atoms with Crippen molar-refractivity contribution >= 4 is 58.3 Å². The molecule has 5 heteroatoms. The van der Waals surface area contributed by atoms with Gasteiger partial charge < -0.3 is 4.89 Å². The third-order valence-corrected chi connectivity index (χ3v) is 5.32. The fraction of sp³-hybridized carbons (Fsp3) is 0.182. The van der Waals surface area contributed by atoms with Crippen molar-refractivity contribution in [3.05, 3.63) is 96.1 Å². The quantitative estimate of drug-likeness (QED) is 0.180. The average Bonchev–Trinajstić information content (AvgIpc) is 2.70. The molecule has 0 fully saturated rings. The molecule has 0 radical (unpaired) electrons. The Bertz CT molecular complexity index is 698. The Labute approximate surface area is 194 Å². The molecule has 0 aliphatic carbocycles. The van der Waals surface area contributed by atoms with E-state index in [2.05, 4.69) is 84.5 Å². The average molecular weight is 691 g/mol. The Kier molecular flexibility index (Phi) is 14.0. The molecule has 0 unspecified atom stereocenters. The van der Waals surface area contributed by atoms with Crippen molar-refractivity contribution in [2.24, 2.45) is 0 Å². The van der Waals surface area contributed by atoms with E-state index in [4.69, 9.17) is 0 Å². The van der Waals surface area contributed by atoms with Crippen molar-refractivity contribution in [2.45, 2.75) is 26.7 Å². The summed E-state index contributed by atoms with van der Waals surface area (Å²) in [6, 6.07) is 28.2. The number of aryl methyl sites for hydroxylation is 1. The van der Waals surface area contributed by atoms with E-state index in [-0.39, 0.29) is 0 Å². The summed E-state index contributed by atoms with van der Waals surface area (Å²) >= 11 is 4.73. The number of hydrogen-bond acceptors (Lipinski definition) is 1. The van der Waals surface area contributed by atoms with Crippen LogP contribution in [0.15, 0.2) is 84.9 Å². The van der Waals surface area contributed by atoms with Crippen LogP contribution in [-0.2, 0) is 10.1 Å². The minimum absolute atomic E-state index is 0.650. The van der Waals surface area contributed by atoms with Crippen LogP contribution in [0.2, 0.25) is 0 Å². The second-order valence-electron chi connectivity index (χ2n) is 6.10. The van der Waals surface area contributed by atoms with Gasteiger partial charge in [-0.3, -0.25) is 0 Å². The normalized spacial score (nSPS) is 10.1. The molecule has 0 aliphatic heterocycles. The predicted octanol–water partition coefficient (Wildman–Crippen LogP) is 6.91. The molecule has 0 aliphatic rings. The third kappa shape index (κ3) is 10.5. The van der Waals surface area contributed by atoms with Crippen molar-refractivity contribution in [1.82, 2.24) is 0 Å². The van der Waals surface area contributed by atoms with Crippen molar-refractivity contribution in [1.29, 1.82) is 0 Å². The molecule has 0 aromatic heterocycles. The number of halogens is 2. The molecule has 0 bridgehead atoms. The Hall–Kier alpha value is 0.133. The summed E-state index contributed by atoms with van der Waals surface area (Å²) in [6.45, 7) is 6.54. The molecule has 3 rings (SSSR count). The monoisotopic (exact) mass is 692 g/mol. The van der Waals surface area contributed by atoms with Gasteiger partial charge in [0.15, 0.2) is 0 Å². The van der Waals surface area contributed by atoms with Crippen LogP contribution in [0.1, 0.15) is 30.9 Å². The Morgan fingerprint density at radius 1 is 0.741 bits per heavy atom. The molecule has 0 heterocycles. The molecule has 3 aromatic carbocycles. The molecule has 0 spiro atoms. The molecule has 0 amide bonds. The van der Waals surface area contributed by atoms with Gasteiger partial charge >= 0.3 is 49.6 Å². The second-order valence-corrected chi connectivity index (χ2v) is 21.2. The topological polar surface area (TPSA) is 20.2 Å². The van der Waals surface area contributed by atoms with Gasteiger partial charge in [-0.05, 0) is 18.4 Å². The van der Waals surface area contributed by atoms with Crippen molar-refractivity contribution in [3.63, 3.8) is 0 Å². The zero-order valence-corrected chi connectivity index (χ0v) is 22.6. The van der Waals surface area contributed by atoms with Gasteiger partial charge in [0, 0.05) is 10.6 Å². The van der Waals surface area contributed by atoms with Gasteiger partial charge in [0.05, 0.1) is 8.15 Å². The zero-order chi connectivity index (χ0) is 20.1. The van der Waals surface area contributed by atoms with Crippen molar-refractivity contribution in [3.8, 4) is 0 Å². The molecule has 27 heavy (non-hydrogen) atoms. The van der Waals surface area contributed by atoms with Crippen LogP contribution in [0, 0.1) is 6.92 Å². The van der Waals surface area contributed by atoms with E-state index < -0.39 is 8.15 Å². The Balaban J connectivity index is 0.000000246. The van der Waals surface area contributed by atoms with Crippen LogP contribution in [0.25, 0.3) is 0 Å². The first kappa shape index (κ1) is 25.2. The third-order valence-electron chi connectivity index (χ3n) is 3.75. The van der Waals surface area contributed by atoms with E-state index in [9.17, 15) is 4.89 Å². The van der Waals surface area contributed by atoms with E-state index in [0.717, 1.165) is 10.6 Å². The summed E-state index contributed by atoms with van der Waals surface area (Å²) in [7, 11) is -0.521. The van der Waals surface area contributed by atoms with E-state index in [1.807, 2.05) is 60.7 Å². The number of hydrogen-bond donors (Lipinski definition) is 1. The first-order valence-corrected chi connectivity index (χ1v) is 20.1. The summed E-state index contributed by atoms with van der Waals surface area (Å²) in [6.07, 6.45) is 0. The van der Waals surface area contributed by atoms with Crippen LogP contribution in [0.5, 0.6) is 0 Å². The molecule has 0 saturated heterocycles. The summed E-state index contributed by atoms with van der Waals surface area (Å²) in [5.74, 6) is 0.653.